The number of aromatic nitrogens is 2. The standard InChI is InChI=1S/C25H21ClN4O2/c1-17(18-7-3-2-4-8-18)27-30-25(31)24-15-23(28-29-24)19-11-13-21(14-12-19)32-16-20-9-5-6-10-22(20)26/h2-15H,16H2,1H3,(H,28,29)(H,30,31)/b27-17+. The number of nitrogens with one attached hydrogen (secondary N) is 2. The smallest absolute Gasteiger partial charge is 0.289 e. The normalized spacial score (nSPS) is 11.2. The van der Waals surface area contributed by atoms with E-state index < -0.39 is 0 Å². The topological polar surface area (TPSA) is 79.4 Å². The largest absolute Gasteiger partial charge is 0.489 e. The molecule has 1 aromatic heterocycles. The molecule has 0 atom stereocenters. The van der Waals surface area contributed by atoms with Crippen molar-refractivity contribution in [3.63, 3.8) is 0 Å². The van der Waals surface area contributed by atoms with Gasteiger partial charge in [0.15, 0.2) is 0 Å². The number of carbonyl (C=O) groups excluding carboxylic acids is 1. The second-order valence-corrected chi connectivity index (χ2v) is 7.48. The number of carbonyl (C=O) groups is 1. The highest BCUT2D eigenvalue weighted by atomic mass is 35.5. The number of aromatic amines is 1. The molecule has 6 nitrogen and oxygen atoms in total. The molecule has 0 aliphatic rings. The fraction of sp³-hybridized carbons (Fsp3) is 0.0800. The first-order chi connectivity index (χ1) is 15.6. The quantitative estimate of drug-likeness (QED) is 0.293. The van der Waals surface area contributed by atoms with Gasteiger partial charge in [-0.25, -0.2) is 5.43 Å². The van der Waals surface area contributed by atoms with E-state index in [2.05, 4.69) is 20.7 Å². The van der Waals surface area contributed by atoms with Gasteiger partial charge >= 0.3 is 0 Å². The molecule has 3 aromatic carbocycles. The summed E-state index contributed by atoms with van der Waals surface area (Å²) in [5, 5.41) is 11.8. The van der Waals surface area contributed by atoms with Crippen LogP contribution in [0.5, 0.6) is 5.75 Å². The molecule has 0 aliphatic heterocycles. The average molecular weight is 445 g/mol. The van der Waals surface area contributed by atoms with Gasteiger partial charge in [-0.05, 0) is 48.9 Å². The van der Waals surface area contributed by atoms with Crippen molar-refractivity contribution in [3.8, 4) is 17.0 Å². The number of hydrogen-bond donors (Lipinski definition) is 2. The number of ether oxygens (including phenoxy) is 1. The molecule has 160 valence electrons. The first kappa shape index (κ1) is 21.3. The average Bonchev–Trinajstić information content (AvgIpc) is 3.33. The van der Waals surface area contributed by atoms with Crippen LogP contribution in [-0.2, 0) is 6.61 Å². The second kappa shape index (κ2) is 9.94. The highest BCUT2D eigenvalue weighted by Gasteiger charge is 2.11. The highest BCUT2D eigenvalue weighted by Crippen LogP contribution is 2.23. The summed E-state index contributed by atoms with van der Waals surface area (Å²) in [5.41, 5.74) is 6.96. The van der Waals surface area contributed by atoms with E-state index in [0.29, 0.717) is 34.5 Å². The molecule has 0 saturated heterocycles. The molecule has 0 radical (unpaired) electrons. The Hall–Kier alpha value is -3.90. The molecule has 7 heteroatoms. The Morgan fingerprint density at radius 3 is 2.50 bits per heavy atom. The zero-order valence-electron chi connectivity index (χ0n) is 17.4. The van der Waals surface area contributed by atoms with Crippen LogP contribution in [0.2, 0.25) is 5.02 Å². The lowest BCUT2D eigenvalue weighted by Gasteiger charge is -2.08. The van der Waals surface area contributed by atoms with E-state index >= 15 is 0 Å². The molecule has 0 bridgehead atoms. The summed E-state index contributed by atoms with van der Waals surface area (Å²) in [6.45, 7) is 2.22. The summed E-state index contributed by atoms with van der Waals surface area (Å²) < 4.78 is 5.81. The second-order valence-electron chi connectivity index (χ2n) is 7.08. The predicted octanol–water partition coefficient (Wildman–Crippen LogP) is 5.46. The Kier molecular flexibility index (Phi) is 6.63. The van der Waals surface area contributed by atoms with E-state index in [1.807, 2.05) is 85.8 Å². The van der Waals surface area contributed by atoms with Gasteiger partial charge in [-0.2, -0.15) is 10.2 Å². The van der Waals surface area contributed by atoms with E-state index in [1.165, 1.54) is 0 Å². The molecule has 0 spiro atoms. The van der Waals surface area contributed by atoms with Crippen LogP contribution in [0.3, 0.4) is 0 Å². The van der Waals surface area contributed by atoms with E-state index in [1.54, 1.807) is 6.07 Å². The van der Waals surface area contributed by atoms with E-state index in [4.69, 9.17) is 16.3 Å². The van der Waals surface area contributed by atoms with Gasteiger partial charge in [0, 0.05) is 16.1 Å². The number of nitrogens with zero attached hydrogens (tertiary/aromatic N) is 2. The van der Waals surface area contributed by atoms with Crippen LogP contribution in [0.15, 0.2) is 90.0 Å². The van der Waals surface area contributed by atoms with Crippen LogP contribution in [0.4, 0.5) is 0 Å². The first-order valence-corrected chi connectivity index (χ1v) is 10.4. The molecule has 4 rings (SSSR count). The molecule has 0 fully saturated rings. The van der Waals surface area contributed by atoms with Gasteiger partial charge in [-0.15, -0.1) is 0 Å². The van der Waals surface area contributed by atoms with Crippen molar-refractivity contribution in [2.45, 2.75) is 13.5 Å². The molecule has 0 saturated carbocycles. The summed E-state index contributed by atoms with van der Waals surface area (Å²) in [4.78, 5) is 12.4. The lowest BCUT2D eigenvalue weighted by atomic mass is 10.1. The van der Waals surface area contributed by atoms with Crippen molar-refractivity contribution in [2.24, 2.45) is 5.10 Å². The first-order valence-electron chi connectivity index (χ1n) is 10.0. The van der Waals surface area contributed by atoms with Crippen molar-refractivity contribution in [2.75, 3.05) is 0 Å². The lowest BCUT2D eigenvalue weighted by Crippen LogP contribution is -2.19. The van der Waals surface area contributed by atoms with Gasteiger partial charge in [0.1, 0.15) is 18.1 Å². The molecule has 4 aromatic rings. The molecule has 32 heavy (non-hydrogen) atoms. The molecule has 1 heterocycles. The Balaban J connectivity index is 1.37. The summed E-state index contributed by atoms with van der Waals surface area (Å²) in [6.07, 6.45) is 0. The van der Waals surface area contributed by atoms with Crippen LogP contribution < -0.4 is 10.2 Å². The van der Waals surface area contributed by atoms with Crippen LogP contribution in [0, 0.1) is 0 Å². The molecule has 1 amide bonds. The fourth-order valence-electron chi connectivity index (χ4n) is 3.02. The third-order valence-corrected chi connectivity index (χ3v) is 5.21. The number of rotatable bonds is 7. The number of benzene rings is 3. The summed E-state index contributed by atoms with van der Waals surface area (Å²) in [5.74, 6) is 0.353. The van der Waals surface area contributed by atoms with Crippen molar-refractivity contribution >= 4 is 23.2 Å². The number of amides is 1. The SMILES string of the molecule is C/C(=N\NC(=O)c1cc(-c2ccc(OCc3ccccc3Cl)cc2)n[nH]1)c1ccccc1. The van der Waals surface area contributed by atoms with Crippen molar-refractivity contribution in [1.82, 2.24) is 15.6 Å². The van der Waals surface area contributed by atoms with Gasteiger partial charge in [0.05, 0.1) is 11.4 Å². The minimum atomic E-state index is -0.362. The highest BCUT2D eigenvalue weighted by molar-refractivity contribution is 6.31. The maximum Gasteiger partial charge on any atom is 0.289 e. The van der Waals surface area contributed by atoms with Crippen LogP contribution in [-0.4, -0.2) is 21.8 Å². The van der Waals surface area contributed by atoms with Crippen molar-refractivity contribution in [1.29, 1.82) is 0 Å². The summed E-state index contributed by atoms with van der Waals surface area (Å²) >= 11 is 6.16. The third-order valence-electron chi connectivity index (χ3n) is 4.84. The zero-order chi connectivity index (χ0) is 22.3. The number of hydrazone groups is 1. The van der Waals surface area contributed by atoms with Gasteiger partial charge < -0.3 is 4.74 Å². The molecular formula is C25H21ClN4O2. The Morgan fingerprint density at radius 1 is 1.03 bits per heavy atom. The molecule has 0 unspecified atom stereocenters. The maximum absolute atomic E-state index is 12.4. The maximum atomic E-state index is 12.4. The lowest BCUT2D eigenvalue weighted by molar-refractivity contribution is 0.0950. The predicted molar refractivity (Wildman–Crippen MR) is 126 cm³/mol. The molecule has 2 N–H and O–H groups in total. The third kappa shape index (κ3) is 5.22. The number of hydrogen-bond acceptors (Lipinski definition) is 4. The van der Waals surface area contributed by atoms with Gasteiger partial charge in [0.2, 0.25) is 0 Å². The summed E-state index contributed by atoms with van der Waals surface area (Å²) in [7, 11) is 0. The fourth-order valence-corrected chi connectivity index (χ4v) is 3.21. The molecule has 0 aliphatic carbocycles. The van der Waals surface area contributed by atoms with Gasteiger partial charge in [-0.1, -0.05) is 60.1 Å². The Bertz CT molecular complexity index is 1230. The summed E-state index contributed by atoms with van der Waals surface area (Å²) in [6, 6.07) is 26.4. The minimum Gasteiger partial charge on any atom is -0.489 e. The van der Waals surface area contributed by atoms with E-state index in [9.17, 15) is 4.79 Å². The van der Waals surface area contributed by atoms with E-state index in [-0.39, 0.29) is 5.91 Å². The number of halogens is 1. The van der Waals surface area contributed by atoms with Gasteiger partial charge in [-0.3, -0.25) is 9.89 Å². The van der Waals surface area contributed by atoms with Crippen molar-refractivity contribution in [3.05, 3.63) is 107 Å². The van der Waals surface area contributed by atoms with Gasteiger partial charge in [0.25, 0.3) is 5.91 Å². The number of H-pyrrole nitrogens is 1. The Labute approximate surface area is 190 Å². The van der Waals surface area contributed by atoms with Crippen LogP contribution >= 0.6 is 11.6 Å². The molecular weight excluding hydrogens is 424 g/mol. The minimum absolute atomic E-state index is 0.323. The van der Waals surface area contributed by atoms with Crippen LogP contribution in [0.1, 0.15) is 28.5 Å². The zero-order valence-corrected chi connectivity index (χ0v) is 18.1. The van der Waals surface area contributed by atoms with Crippen molar-refractivity contribution < 1.29 is 9.53 Å². The Morgan fingerprint density at radius 2 is 1.75 bits per heavy atom. The van der Waals surface area contributed by atoms with Crippen LogP contribution in [0.25, 0.3) is 11.3 Å². The monoisotopic (exact) mass is 444 g/mol. The van der Waals surface area contributed by atoms with E-state index in [0.717, 1.165) is 16.7 Å².